The summed E-state index contributed by atoms with van der Waals surface area (Å²) in [5, 5.41) is 8.45. The molecule has 0 spiro atoms. The Bertz CT molecular complexity index is 1160. The van der Waals surface area contributed by atoms with Crippen LogP contribution in [-0.2, 0) is 0 Å². The van der Waals surface area contributed by atoms with E-state index in [1.54, 1.807) is 29.4 Å². The number of aromatic nitrogens is 2. The van der Waals surface area contributed by atoms with Gasteiger partial charge in [0.2, 0.25) is 0 Å². The number of carbonyl (C=O) groups is 2. The van der Waals surface area contributed by atoms with E-state index in [2.05, 4.69) is 30.8 Å². The van der Waals surface area contributed by atoms with Gasteiger partial charge in [-0.05, 0) is 49.7 Å². The number of pyridine rings is 2. The summed E-state index contributed by atoms with van der Waals surface area (Å²) in [6.07, 6.45) is 3.28. The third-order valence-electron chi connectivity index (χ3n) is 5.53. The van der Waals surface area contributed by atoms with E-state index in [1.165, 1.54) is 0 Å². The molecule has 1 saturated heterocycles. The van der Waals surface area contributed by atoms with Crippen molar-refractivity contribution in [1.29, 1.82) is 0 Å². The van der Waals surface area contributed by atoms with Gasteiger partial charge in [0.05, 0.1) is 18.5 Å². The molecule has 3 heterocycles. The predicted molar refractivity (Wildman–Crippen MR) is 136 cm³/mol. The fourth-order valence-corrected chi connectivity index (χ4v) is 3.71. The summed E-state index contributed by atoms with van der Waals surface area (Å²) in [4.78, 5) is 37.5. The molecule has 1 aliphatic heterocycles. The number of anilines is 4. The van der Waals surface area contributed by atoms with Gasteiger partial charge >= 0.3 is 12.1 Å². The van der Waals surface area contributed by atoms with Gasteiger partial charge in [-0.1, -0.05) is 12.1 Å². The highest BCUT2D eigenvalue weighted by atomic mass is 16.5. The zero-order valence-electron chi connectivity index (χ0n) is 19.8. The molecule has 3 aromatic rings. The lowest BCUT2D eigenvalue weighted by Crippen LogP contribution is -2.50. The molecule has 0 aliphatic carbocycles. The molecule has 1 aromatic carbocycles. The Balaban J connectivity index is 1.26. The van der Waals surface area contributed by atoms with E-state index in [0.29, 0.717) is 55.7 Å². The van der Waals surface area contributed by atoms with Crippen LogP contribution in [0.3, 0.4) is 0 Å². The third kappa shape index (κ3) is 6.38. The second kappa shape index (κ2) is 11.2. The summed E-state index contributed by atoms with van der Waals surface area (Å²) in [6, 6.07) is 14.1. The second-order valence-electron chi connectivity index (χ2n) is 8.02. The summed E-state index contributed by atoms with van der Waals surface area (Å²) < 4.78 is 5.45. The molecule has 0 unspecified atom stereocenters. The lowest BCUT2D eigenvalue weighted by Gasteiger charge is -2.35. The van der Waals surface area contributed by atoms with Gasteiger partial charge in [0.1, 0.15) is 17.4 Å². The van der Waals surface area contributed by atoms with Crippen LogP contribution in [0.5, 0.6) is 5.75 Å². The van der Waals surface area contributed by atoms with Crippen LogP contribution < -0.4 is 25.6 Å². The number of nitrogens with one attached hydrogen (secondary N) is 3. The molecule has 0 atom stereocenters. The quantitative estimate of drug-likeness (QED) is 0.493. The first kappa shape index (κ1) is 23.8. The maximum atomic E-state index is 12.6. The van der Waals surface area contributed by atoms with Gasteiger partial charge in [-0.2, -0.15) is 0 Å². The Kier molecular flexibility index (Phi) is 7.61. The van der Waals surface area contributed by atoms with Crippen molar-refractivity contribution in [2.24, 2.45) is 0 Å². The van der Waals surface area contributed by atoms with Gasteiger partial charge < -0.3 is 25.2 Å². The maximum Gasteiger partial charge on any atom is 0.323 e. The maximum absolute atomic E-state index is 12.6. The van der Waals surface area contributed by atoms with E-state index in [-0.39, 0.29) is 12.1 Å². The minimum Gasteiger partial charge on any atom is -0.494 e. The van der Waals surface area contributed by atoms with Crippen LogP contribution in [0.1, 0.15) is 12.5 Å². The number of rotatable bonds is 6. The number of piperazine rings is 1. The van der Waals surface area contributed by atoms with Crippen LogP contribution in [0.15, 0.2) is 60.9 Å². The number of urea groups is 2. The van der Waals surface area contributed by atoms with Crippen LogP contribution >= 0.6 is 0 Å². The Morgan fingerprint density at radius 3 is 2.46 bits per heavy atom. The van der Waals surface area contributed by atoms with E-state index < -0.39 is 0 Å². The average molecular weight is 476 g/mol. The summed E-state index contributed by atoms with van der Waals surface area (Å²) in [7, 11) is 0. The lowest BCUT2D eigenvalue weighted by molar-refractivity contribution is 0.208. The molecule has 0 saturated carbocycles. The number of amides is 4. The van der Waals surface area contributed by atoms with E-state index in [4.69, 9.17) is 4.74 Å². The molecule has 182 valence electrons. The number of hydrogen-bond acceptors (Lipinski definition) is 6. The highest BCUT2D eigenvalue weighted by Gasteiger charge is 2.22. The Labute approximate surface area is 204 Å². The fraction of sp³-hybridized carbons (Fsp3) is 0.280. The van der Waals surface area contributed by atoms with Crippen LogP contribution in [-0.4, -0.2) is 59.7 Å². The van der Waals surface area contributed by atoms with Crippen molar-refractivity contribution in [2.45, 2.75) is 13.8 Å². The van der Waals surface area contributed by atoms with Crippen molar-refractivity contribution in [3.05, 3.63) is 66.5 Å². The molecular formula is C25H29N7O3. The highest BCUT2D eigenvalue weighted by molar-refractivity contribution is 5.99. The van der Waals surface area contributed by atoms with Crippen molar-refractivity contribution < 1.29 is 14.3 Å². The van der Waals surface area contributed by atoms with Crippen molar-refractivity contribution in [1.82, 2.24) is 14.9 Å². The van der Waals surface area contributed by atoms with Crippen LogP contribution in [0.25, 0.3) is 0 Å². The summed E-state index contributed by atoms with van der Waals surface area (Å²) in [5.74, 6) is 2.07. The van der Waals surface area contributed by atoms with Crippen LogP contribution in [0.4, 0.5) is 32.6 Å². The van der Waals surface area contributed by atoms with E-state index in [1.807, 2.05) is 50.2 Å². The summed E-state index contributed by atoms with van der Waals surface area (Å²) >= 11 is 0. The largest absolute Gasteiger partial charge is 0.494 e. The van der Waals surface area contributed by atoms with Gasteiger partial charge in [-0.3, -0.25) is 5.32 Å². The first-order valence-corrected chi connectivity index (χ1v) is 11.5. The number of ether oxygens (including phenoxy) is 1. The number of benzene rings is 1. The van der Waals surface area contributed by atoms with Crippen molar-refractivity contribution in [3.8, 4) is 5.75 Å². The zero-order valence-corrected chi connectivity index (χ0v) is 19.8. The van der Waals surface area contributed by atoms with Crippen LogP contribution in [0.2, 0.25) is 0 Å². The monoisotopic (exact) mass is 475 g/mol. The number of carbonyl (C=O) groups excluding carboxylic acids is 2. The Hall–Kier alpha value is -4.34. The molecule has 1 aliphatic rings. The minimum atomic E-state index is -0.365. The van der Waals surface area contributed by atoms with E-state index >= 15 is 0 Å². The summed E-state index contributed by atoms with van der Waals surface area (Å²) in [6.45, 7) is 6.83. The molecule has 4 amide bonds. The first-order valence-electron chi connectivity index (χ1n) is 11.5. The third-order valence-corrected chi connectivity index (χ3v) is 5.53. The molecule has 2 aromatic heterocycles. The fourth-order valence-electron chi connectivity index (χ4n) is 3.71. The molecule has 35 heavy (non-hydrogen) atoms. The Morgan fingerprint density at radius 1 is 0.943 bits per heavy atom. The molecule has 0 radical (unpaired) electrons. The van der Waals surface area contributed by atoms with Gasteiger partial charge in [0.15, 0.2) is 0 Å². The van der Waals surface area contributed by atoms with Gasteiger partial charge in [0.25, 0.3) is 0 Å². The van der Waals surface area contributed by atoms with Crippen molar-refractivity contribution in [3.63, 3.8) is 0 Å². The SMILES string of the molecule is CCOc1cccc(NC(=O)Nc2ccc(N3CCN(C(=O)Nc4ncccc4C)CC3)nc2)c1. The average Bonchev–Trinajstić information content (AvgIpc) is 2.86. The molecule has 3 N–H and O–H groups in total. The zero-order chi connectivity index (χ0) is 24.6. The number of aryl methyl sites for hydroxylation is 1. The topological polar surface area (TPSA) is 112 Å². The van der Waals surface area contributed by atoms with Gasteiger partial charge in [0, 0.05) is 44.1 Å². The number of hydrogen-bond donors (Lipinski definition) is 3. The molecular weight excluding hydrogens is 446 g/mol. The molecule has 0 bridgehead atoms. The predicted octanol–water partition coefficient (Wildman–Crippen LogP) is 4.18. The van der Waals surface area contributed by atoms with Gasteiger partial charge in [-0.25, -0.2) is 19.6 Å². The van der Waals surface area contributed by atoms with Crippen molar-refractivity contribution >= 4 is 35.1 Å². The second-order valence-corrected chi connectivity index (χ2v) is 8.02. The smallest absolute Gasteiger partial charge is 0.323 e. The van der Waals surface area contributed by atoms with E-state index in [0.717, 1.165) is 11.4 Å². The molecule has 4 rings (SSSR count). The van der Waals surface area contributed by atoms with E-state index in [9.17, 15) is 9.59 Å². The highest BCUT2D eigenvalue weighted by Crippen LogP contribution is 2.19. The standard InChI is InChI=1S/C25H29N7O3/c1-3-35-21-8-4-7-19(16-21)28-24(33)29-20-9-10-22(27-17-20)31-12-14-32(15-13-31)25(34)30-23-18(2)6-5-11-26-23/h4-11,16-17H,3,12-15H2,1-2H3,(H,26,30,34)(H2,28,29,33). The normalized spacial score (nSPS) is 13.2. The Morgan fingerprint density at radius 2 is 1.74 bits per heavy atom. The molecule has 10 nitrogen and oxygen atoms in total. The number of nitrogens with zero attached hydrogens (tertiary/aromatic N) is 4. The van der Waals surface area contributed by atoms with Gasteiger partial charge in [-0.15, -0.1) is 0 Å². The van der Waals surface area contributed by atoms with Crippen LogP contribution in [0, 0.1) is 6.92 Å². The molecule has 1 fully saturated rings. The lowest BCUT2D eigenvalue weighted by atomic mass is 10.3. The minimum absolute atomic E-state index is 0.156. The summed E-state index contributed by atoms with van der Waals surface area (Å²) in [5.41, 5.74) is 2.14. The molecule has 10 heteroatoms. The van der Waals surface area contributed by atoms with Crippen molar-refractivity contribution in [2.75, 3.05) is 53.6 Å². The first-order chi connectivity index (χ1) is 17.0.